The largest absolute Gasteiger partial charge is 0.462 e. The first kappa shape index (κ1) is 22.1. The Morgan fingerprint density at radius 2 is 1.97 bits per heavy atom. The predicted molar refractivity (Wildman–Crippen MR) is 112 cm³/mol. The van der Waals surface area contributed by atoms with E-state index < -0.39 is 22.7 Å². The molecule has 6 nitrogen and oxygen atoms in total. The van der Waals surface area contributed by atoms with Gasteiger partial charge < -0.3 is 15.0 Å². The molecule has 0 bridgehead atoms. The van der Waals surface area contributed by atoms with Crippen molar-refractivity contribution in [3.05, 3.63) is 21.5 Å². The third kappa shape index (κ3) is 4.59. The Bertz CT molecular complexity index is 1010. The van der Waals surface area contributed by atoms with Gasteiger partial charge in [-0.3, -0.25) is 9.59 Å². The molecule has 4 rings (SSSR count). The Morgan fingerprint density at radius 3 is 2.55 bits per heavy atom. The molecule has 0 aromatic carbocycles. The minimum absolute atomic E-state index is 0.00667. The summed E-state index contributed by atoms with van der Waals surface area (Å²) in [4.78, 5) is 30.1. The van der Waals surface area contributed by atoms with Crippen LogP contribution in [0.3, 0.4) is 0 Å². The van der Waals surface area contributed by atoms with Gasteiger partial charge in [-0.05, 0) is 18.8 Å². The molecular weight excluding hydrogens is 455 g/mol. The second-order valence-corrected chi connectivity index (χ2v) is 9.11. The number of carbonyl (C=O) groups is 2. The van der Waals surface area contributed by atoms with Crippen LogP contribution in [-0.2, 0) is 15.7 Å². The van der Waals surface area contributed by atoms with Gasteiger partial charge in [0.25, 0.3) is 5.91 Å². The van der Waals surface area contributed by atoms with Crippen LogP contribution in [-0.4, -0.2) is 43.1 Å². The number of fused-ring (bicyclic) bond motifs is 1. The van der Waals surface area contributed by atoms with Gasteiger partial charge in [0.2, 0.25) is 0 Å². The number of pyridine rings is 1. The van der Waals surface area contributed by atoms with Gasteiger partial charge in [0, 0.05) is 44.8 Å². The summed E-state index contributed by atoms with van der Waals surface area (Å²) in [5.41, 5.74) is -0.920. The Labute approximate surface area is 185 Å². The highest BCUT2D eigenvalue weighted by Crippen LogP contribution is 2.46. The van der Waals surface area contributed by atoms with Gasteiger partial charge >= 0.3 is 12.1 Å². The van der Waals surface area contributed by atoms with E-state index in [0.29, 0.717) is 38.3 Å². The first-order valence-corrected chi connectivity index (χ1v) is 11.3. The van der Waals surface area contributed by atoms with E-state index in [-0.39, 0.29) is 33.7 Å². The van der Waals surface area contributed by atoms with Gasteiger partial charge in [-0.1, -0.05) is 11.6 Å². The van der Waals surface area contributed by atoms with Crippen LogP contribution in [0.25, 0.3) is 10.2 Å². The molecule has 168 valence electrons. The molecule has 31 heavy (non-hydrogen) atoms. The Hall–Kier alpha value is -2.07. The van der Waals surface area contributed by atoms with Gasteiger partial charge in [-0.25, -0.2) is 4.98 Å². The van der Waals surface area contributed by atoms with E-state index in [9.17, 15) is 22.8 Å². The number of carbonyl (C=O) groups excluding carboxylic acids is 2. The molecule has 1 aliphatic carbocycles. The van der Waals surface area contributed by atoms with Crippen LogP contribution in [0, 0.1) is 5.92 Å². The molecule has 2 fully saturated rings. The van der Waals surface area contributed by atoms with Gasteiger partial charge in [0.1, 0.15) is 11.9 Å². The van der Waals surface area contributed by atoms with E-state index in [4.69, 9.17) is 16.3 Å². The Balaban J connectivity index is 1.60. The number of anilines is 1. The number of esters is 1. The maximum Gasteiger partial charge on any atom is 0.419 e. The summed E-state index contributed by atoms with van der Waals surface area (Å²) >= 11 is 7.00. The number of piperidine rings is 1. The van der Waals surface area contributed by atoms with Crippen LogP contribution in [0.2, 0.25) is 5.02 Å². The van der Waals surface area contributed by atoms with Crippen LogP contribution in [0.15, 0.2) is 5.38 Å². The normalized spacial score (nSPS) is 17.8. The zero-order chi connectivity index (χ0) is 22.3. The molecule has 1 N–H and O–H groups in total. The van der Waals surface area contributed by atoms with E-state index in [1.54, 1.807) is 4.90 Å². The first-order valence-electron chi connectivity index (χ1n) is 10.0. The highest BCUT2D eigenvalue weighted by Gasteiger charge is 2.40. The third-order valence-corrected chi connectivity index (χ3v) is 6.92. The minimum Gasteiger partial charge on any atom is -0.462 e. The van der Waals surface area contributed by atoms with E-state index in [1.807, 2.05) is 0 Å². The minimum atomic E-state index is -4.70. The lowest BCUT2D eigenvalue weighted by Crippen LogP contribution is -2.38. The fourth-order valence-electron chi connectivity index (χ4n) is 3.74. The lowest BCUT2D eigenvalue weighted by Gasteiger charge is -2.33. The molecular formula is C20H21ClF3N3O3S. The van der Waals surface area contributed by atoms with Crippen LogP contribution in [0.5, 0.6) is 0 Å². The van der Waals surface area contributed by atoms with Crippen LogP contribution in [0.4, 0.5) is 19.0 Å². The van der Waals surface area contributed by atoms with Crippen molar-refractivity contribution in [1.29, 1.82) is 0 Å². The fourth-order valence-corrected chi connectivity index (χ4v) is 5.22. The number of alkyl halides is 3. The van der Waals surface area contributed by atoms with Crippen LogP contribution >= 0.6 is 22.9 Å². The number of thiophene rings is 1. The molecule has 2 aliphatic rings. The highest BCUT2D eigenvalue weighted by molar-refractivity contribution is 7.17. The summed E-state index contributed by atoms with van der Waals surface area (Å²) in [6.07, 6.45) is -1.48. The zero-order valence-corrected chi connectivity index (χ0v) is 18.3. The molecule has 0 radical (unpaired) electrons. The molecule has 2 aromatic rings. The Morgan fingerprint density at radius 1 is 1.29 bits per heavy atom. The second-order valence-electron chi connectivity index (χ2n) is 7.85. The summed E-state index contributed by atoms with van der Waals surface area (Å²) in [5.74, 6) is -0.302. The predicted octanol–water partition coefficient (Wildman–Crippen LogP) is 4.64. The number of ether oxygens (including phenoxy) is 1. The average molecular weight is 476 g/mol. The molecule has 1 saturated carbocycles. The summed E-state index contributed by atoms with van der Waals surface area (Å²) < 4.78 is 46.9. The molecule has 2 aromatic heterocycles. The van der Waals surface area contributed by atoms with E-state index >= 15 is 0 Å². The van der Waals surface area contributed by atoms with Crippen LogP contribution < -0.4 is 10.2 Å². The SMILES string of the molecule is CNC(=O)c1csc2c(C(F)(F)F)c(Cl)c(N3CCC(OC(=O)CC4CC4)CC3)nc12. The van der Waals surface area contributed by atoms with Crippen molar-refractivity contribution >= 4 is 50.8 Å². The number of nitrogens with zero attached hydrogens (tertiary/aromatic N) is 2. The van der Waals surface area contributed by atoms with Gasteiger partial charge in [-0.2, -0.15) is 13.2 Å². The van der Waals surface area contributed by atoms with Crippen molar-refractivity contribution in [2.45, 2.75) is 44.4 Å². The van der Waals surface area contributed by atoms with Gasteiger partial charge in [0.15, 0.2) is 0 Å². The lowest BCUT2D eigenvalue weighted by atomic mass is 10.1. The number of hydrogen-bond donors (Lipinski definition) is 1. The molecule has 0 atom stereocenters. The van der Waals surface area contributed by atoms with Gasteiger partial charge in [-0.15, -0.1) is 11.3 Å². The third-order valence-electron chi connectivity index (χ3n) is 5.57. The number of halogens is 4. The van der Waals surface area contributed by atoms with Crippen molar-refractivity contribution in [3.63, 3.8) is 0 Å². The maximum absolute atomic E-state index is 13.9. The lowest BCUT2D eigenvalue weighted by molar-refractivity contribution is -0.150. The Kier molecular flexibility index (Phi) is 6.04. The zero-order valence-electron chi connectivity index (χ0n) is 16.7. The first-order chi connectivity index (χ1) is 14.7. The number of rotatable bonds is 5. The number of amides is 1. The molecule has 1 saturated heterocycles. The van der Waals surface area contributed by atoms with E-state index in [2.05, 4.69) is 10.3 Å². The topological polar surface area (TPSA) is 71.5 Å². The maximum atomic E-state index is 13.9. The van der Waals surface area contributed by atoms with Crippen molar-refractivity contribution in [2.24, 2.45) is 5.92 Å². The highest BCUT2D eigenvalue weighted by atomic mass is 35.5. The number of hydrogen-bond acceptors (Lipinski definition) is 6. The van der Waals surface area contributed by atoms with Crippen molar-refractivity contribution < 1.29 is 27.5 Å². The summed E-state index contributed by atoms with van der Waals surface area (Å²) in [7, 11) is 1.41. The summed E-state index contributed by atoms with van der Waals surface area (Å²) in [5, 5.41) is 3.31. The van der Waals surface area contributed by atoms with Crippen molar-refractivity contribution in [3.8, 4) is 0 Å². The standard InChI is InChI=1S/C20H21ClF3N3O3S/c1-25-19(29)12-9-31-17-14(20(22,23)24)15(21)18(26-16(12)17)27-6-4-11(5-7-27)30-13(28)8-10-2-3-10/h9-11H,2-8H2,1H3,(H,25,29). The summed E-state index contributed by atoms with van der Waals surface area (Å²) in [6.45, 7) is 0.687. The molecule has 1 amide bonds. The molecule has 0 spiro atoms. The van der Waals surface area contributed by atoms with E-state index in [1.165, 1.54) is 12.4 Å². The molecule has 11 heteroatoms. The summed E-state index contributed by atoms with van der Waals surface area (Å²) in [6, 6.07) is 0. The van der Waals surface area contributed by atoms with E-state index in [0.717, 1.165) is 24.2 Å². The second kappa shape index (κ2) is 8.46. The van der Waals surface area contributed by atoms with Crippen molar-refractivity contribution in [1.82, 2.24) is 10.3 Å². The van der Waals surface area contributed by atoms with Crippen molar-refractivity contribution in [2.75, 3.05) is 25.0 Å². The molecule has 0 unspecified atom stereocenters. The number of nitrogens with one attached hydrogen (secondary N) is 1. The molecule has 3 heterocycles. The monoisotopic (exact) mass is 475 g/mol. The quantitative estimate of drug-likeness (QED) is 0.638. The van der Waals surface area contributed by atoms with Crippen LogP contribution in [0.1, 0.15) is 48.0 Å². The fraction of sp³-hybridized carbons (Fsp3) is 0.550. The molecule has 1 aliphatic heterocycles. The number of aromatic nitrogens is 1. The average Bonchev–Trinajstić information content (AvgIpc) is 3.42. The smallest absolute Gasteiger partial charge is 0.419 e. The van der Waals surface area contributed by atoms with Gasteiger partial charge in [0.05, 0.1) is 26.4 Å².